The monoisotopic (exact) mass is 330 g/mol. The molecule has 0 amide bonds. The van der Waals surface area contributed by atoms with Crippen molar-refractivity contribution in [2.24, 2.45) is 0 Å². The van der Waals surface area contributed by atoms with Gasteiger partial charge in [-0.05, 0) is 36.8 Å². The van der Waals surface area contributed by atoms with Crippen molar-refractivity contribution in [2.45, 2.75) is 20.0 Å². The third kappa shape index (κ3) is 4.44. The number of aryl methyl sites for hydroxylation is 1. The number of hydrogen-bond donors (Lipinski definition) is 1. The van der Waals surface area contributed by atoms with Crippen molar-refractivity contribution in [3.63, 3.8) is 0 Å². The van der Waals surface area contributed by atoms with Crippen molar-refractivity contribution in [3.05, 3.63) is 83.4 Å². The average molecular weight is 331 g/mol. The van der Waals surface area contributed by atoms with Crippen LogP contribution in [0.3, 0.4) is 0 Å². The third-order valence-corrected chi connectivity index (χ3v) is 3.55. The molecule has 1 heterocycles. The van der Waals surface area contributed by atoms with Gasteiger partial charge in [-0.15, -0.1) is 0 Å². The summed E-state index contributed by atoms with van der Waals surface area (Å²) in [5.41, 5.74) is 2.98. The van der Waals surface area contributed by atoms with Crippen LogP contribution in [0.2, 0.25) is 0 Å². The van der Waals surface area contributed by atoms with E-state index in [9.17, 15) is 4.39 Å². The molecule has 2 nitrogen and oxygen atoms in total. The molecule has 3 rings (SSSR count). The summed E-state index contributed by atoms with van der Waals surface area (Å²) in [6.07, 6.45) is 0. The number of furan rings is 1. The number of hydrogen-bond acceptors (Lipinski definition) is 2. The Kier molecular flexibility index (Phi) is 5.97. The molecule has 0 bridgehead atoms. The van der Waals surface area contributed by atoms with E-state index in [0.717, 1.165) is 12.3 Å². The Morgan fingerprint density at radius 1 is 0.913 bits per heavy atom. The van der Waals surface area contributed by atoms with E-state index < -0.39 is 0 Å². The zero-order valence-electron chi connectivity index (χ0n) is 12.9. The quantitative estimate of drug-likeness (QED) is 0.770. The lowest BCUT2D eigenvalue weighted by atomic mass is 10.1. The van der Waals surface area contributed by atoms with E-state index in [1.165, 1.54) is 17.2 Å². The van der Waals surface area contributed by atoms with Crippen molar-refractivity contribution in [1.29, 1.82) is 0 Å². The van der Waals surface area contributed by atoms with Crippen LogP contribution in [0.25, 0.3) is 11.3 Å². The Hall–Kier alpha value is -2.10. The Bertz CT molecular complexity index is 752. The second-order valence-electron chi connectivity index (χ2n) is 5.33. The molecule has 0 unspecified atom stereocenters. The van der Waals surface area contributed by atoms with Crippen molar-refractivity contribution < 1.29 is 21.2 Å². The lowest BCUT2D eigenvalue weighted by molar-refractivity contribution is -0.00000568. The van der Waals surface area contributed by atoms with E-state index in [-0.39, 0.29) is 18.2 Å². The molecular weight excluding hydrogens is 313 g/mol. The Morgan fingerprint density at radius 2 is 1.65 bits per heavy atom. The molecule has 0 radical (unpaired) electrons. The van der Waals surface area contributed by atoms with Crippen molar-refractivity contribution in [3.8, 4) is 11.3 Å². The zero-order valence-corrected chi connectivity index (χ0v) is 13.6. The number of benzene rings is 2. The lowest BCUT2D eigenvalue weighted by Gasteiger charge is -2.04. The van der Waals surface area contributed by atoms with E-state index in [2.05, 4.69) is 36.5 Å². The molecule has 0 spiro atoms. The second-order valence-corrected chi connectivity index (χ2v) is 5.33. The van der Waals surface area contributed by atoms with E-state index in [0.29, 0.717) is 17.9 Å². The van der Waals surface area contributed by atoms with Gasteiger partial charge in [-0.25, -0.2) is 4.39 Å². The predicted octanol–water partition coefficient (Wildman–Crippen LogP) is 1.69. The Balaban J connectivity index is 0.00000192. The third-order valence-electron chi connectivity index (χ3n) is 3.55. The van der Waals surface area contributed by atoms with Crippen molar-refractivity contribution >= 4 is 0 Å². The maximum Gasteiger partial charge on any atom is 0.137 e. The molecule has 0 saturated carbocycles. The summed E-state index contributed by atoms with van der Waals surface area (Å²) in [5, 5.41) is 3.33. The summed E-state index contributed by atoms with van der Waals surface area (Å²) in [5.74, 6) is 1.09. The highest BCUT2D eigenvalue weighted by Crippen LogP contribution is 2.24. The van der Waals surface area contributed by atoms with E-state index in [1.54, 1.807) is 24.3 Å². The number of halogens is 2. The standard InChI is InChI=1S/C19H18FNO.ClH/c1-14-6-8-15(9-7-14)12-21-13-16-10-11-19(22-16)17-4-2-3-5-18(17)20;/h2-11,21H,12-13H2,1H3;1H/p-1. The number of nitrogens with one attached hydrogen (secondary N) is 1. The second kappa shape index (κ2) is 7.95. The fourth-order valence-electron chi connectivity index (χ4n) is 2.31. The molecule has 1 aromatic heterocycles. The SMILES string of the molecule is Cc1ccc(CNCc2ccc(-c3ccccc3F)o2)cc1.[Cl-]. The van der Waals surface area contributed by atoms with Gasteiger partial charge in [0.15, 0.2) is 0 Å². The molecule has 0 atom stereocenters. The van der Waals surface area contributed by atoms with Crippen LogP contribution in [-0.4, -0.2) is 0 Å². The number of rotatable bonds is 5. The molecule has 3 aromatic rings. The summed E-state index contributed by atoms with van der Waals surface area (Å²) in [7, 11) is 0. The van der Waals surface area contributed by atoms with Gasteiger partial charge in [0, 0.05) is 6.54 Å². The van der Waals surface area contributed by atoms with Crippen LogP contribution in [0.15, 0.2) is 65.1 Å². The topological polar surface area (TPSA) is 25.2 Å². The lowest BCUT2D eigenvalue weighted by Crippen LogP contribution is -3.00. The van der Waals surface area contributed by atoms with Crippen molar-refractivity contribution in [2.75, 3.05) is 0 Å². The van der Waals surface area contributed by atoms with Gasteiger partial charge in [-0.1, -0.05) is 42.0 Å². The molecular formula is C19H18ClFNO-. The van der Waals surface area contributed by atoms with Crippen LogP contribution < -0.4 is 17.7 Å². The highest BCUT2D eigenvalue weighted by molar-refractivity contribution is 5.58. The molecule has 0 fully saturated rings. The zero-order chi connectivity index (χ0) is 15.4. The fraction of sp³-hybridized carbons (Fsp3) is 0.158. The van der Waals surface area contributed by atoms with Crippen LogP contribution in [0, 0.1) is 12.7 Å². The van der Waals surface area contributed by atoms with E-state index in [4.69, 9.17) is 4.42 Å². The van der Waals surface area contributed by atoms with E-state index >= 15 is 0 Å². The summed E-state index contributed by atoms with van der Waals surface area (Å²) < 4.78 is 19.4. The molecule has 23 heavy (non-hydrogen) atoms. The molecule has 0 aliphatic heterocycles. The molecule has 1 N–H and O–H groups in total. The van der Waals surface area contributed by atoms with Crippen LogP contribution in [0.1, 0.15) is 16.9 Å². The largest absolute Gasteiger partial charge is 1.00 e. The molecule has 120 valence electrons. The van der Waals surface area contributed by atoms with Crippen LogP contribution in [0.5, 0.6) is 0 Å². The minimum atomic E-state index is -0.268. The van der Waals surface area contributed by atoms with Gasteiger partial charge in [0.05, 0.1) is 12.1 Å². The average Bonchev–Trinajstić information content (AvgIpc) is 2.98. The Morgan fingerprint density at radius 3 is 2.39 bits per heavy atom. The highest BCUT2D eigenvalue weighted by atomic mass is 35.5. The Labute approximate surface area is 141 Å². The first-order valence-corrected chi connectivity index (χ1v) is 7.32. The normalized spacial score (nSPS) is 10.3. The fourth-order valence-corrected chi connectivity index (χ4v) is 2.31. The van der Waals surface area contributed by atoms with Gasteiger partial charge >= 0.3 is 0 Å². The van der Waals surface area contributed by atoms with E-state index in [1.807, 2.05) is 6.07 Å². The summed E-state index contributed by atoms with van der Waals surface area (Å²) in [6, 6.07) is 18.7. The predicted molar refractivity (Wildman–Crippen MR) is 85.8 cm³/mol. The van der Waals surface area contributed by atoms with Gasteiger partial charge in [-0.3, -0.25) is 0 Å². The van der Waals surface area contributed by atoms with Gasteiger partial charge < -0.3 is 22.1 Å². The maximum absolute atomic E-state index is 13.7. The highest BCUT2D eigenvalue weighted by Gasteiger charge is 2.08. The summed E-state index contributed by atoms with van der Waals surface area (Å²) in [4.78, 5) is 0. The van der Waals surface area contributed by atoms with Gasteiger partial charge in [0.2, 0.25) is 0 Å². The molecule has 0 saturated heterocycles. The minimum absolute atomic E-state index is 0. The first kappa shape index (κ1) is 17.3. The molecule has 4 heteroatoms. The first-order chi connectivity index (χ1) is 10.7. The maximum atomic E-state index is 13.7. The summed E-state index contributed by atoms with van der Waals surface area (Å²) >= 11 is 0. The van der Waals surface area contributed by atoms with Crippen molar-refractivity contribution in [1.82, 2.24) is 5.32 Å². The molecule has 0 aliphatic carbocycles. The van der Waals surface area contributed by atoms with Crippen LogP contribution in [-0.2, 0) is 13.1 Å². The first-order valence-electron chi connectivity index (χ1n) is 7.32. The van der Waals surface area contributed by atoms with Gasteiger partial charge in [0.1, 0.15) is 17.3 Å². The smallest absolute Gasteiger partial charge is 0.137 e. The van der Waals surface area contributed by atoms with Gasteiger partial charge in [-0.2, -0.15) is 0 Å². The molecule has 2 aromatic carbocycles. The van der Waals surface area contributed by atoms with Crippen LogP contribution >= 0.6 is 0 Å². The van der Waals surface area contributed by atoms with Gasteiger partial charge in [0.25, 0.3) is 0 Å². The minimum Gasteiger partial charge on any atom is -1.00 e. The molecule has 0 aliphatic rings. The summed E-state index contributed by atoms with van der Waals surface area (Å²) in [6.45, 7) is 3.46. The van der Waals surface area contributed by atoms with Crippen LogP contribution in [0.4, 0.5) is 4.39 Å².